The molecule has 0 aliphatic rings. The molecule has 0 aliphatic heterocycles. The van der Waals surface area contributed by atoms with Gasteiger partial charge in [-0.1, -0.05) is 5.16 Å². The first kappa shape index (κ1) is 12.2. The van der Waals surface area contributed by atoms with Crippen LogP contribution in [-0.4, -0.2) is 33.4 Å². The predicted octanol–water partition coefficient (Wildman–Crippen LogP) is -0.435. The van der Waals surface area contributed by atoms with E-state index in [1.807, 2.05) is 0 Å². The minimum Gasteiger partial charge on any atom is -0.481 e. The fraction of sp³-hybridized carbons (Fsp3) is 0.444. The zero-order valence-electron chi connectivity index (χ0n) is 8.64. The van der Waals surface area contributed by atoms with Gasteiger partial charge in [-0.25, -0.2) is 0 Å². The maximum absolute atomic E-state index is 10.6. The standard InChI is InChI=1S/C9H12N2O5/c1-4-5(2-8(12)13)7(11-16-4)3-6(10)9(14)15/h6H,2-3,10H2,1H3,(H,12,13)(H,14,15). The molecular formula is C9H12N2O5. The summed E-state index contributed by atoms with van der Waals surface area (Å²) in [6.07, 6.45) is -0.299. The molecule has 0 aliphatic carbocycles. The lowest BCUT2D eigenvalue weighted by Gasteiger charge is -2.04. The van der Waals surface area contributed by atoms with Crippen LogP contribution in [0.4, 0.5) is 0 Å². The van der Waals surface area contributed by atoms with Crippen molar-refractivity contribution in [2.75, 3.05) is 0 Å². The fourth-order valence-electron chi connectivity index (χ4n) is 1.27. The number of aromatic nitrogens is 1. The highest BCUT2D eigenvalue weighted by Gasteiger charge is 2.20. The third-order valence-electron chi connectivity index (χ3n) is 2.12. The molecule has 0 fully saturated rings. The normalized spacial score (nSPS) is 12.4. The highest BCUT2D eigenvalue weighted by atomic mass is 16.5. The van der Waals surface area contributed by atoms with Crippen LogP contribution in [0.1, 0.15) is 17.0 Å². The van der Waals surface area contributed by atoms with Crippen molar-refractivity contribution in [1.29, 1.82) is 0 Å². The predicted molar refractivity (Wildman–Crippen MR) is 51.9 cm³/mol. The smallest absolute Gasteiger partial charge is 0.320 e. The highest BCUT2D eigenvalue weighted by Crippen LogP contribution is 2.15. The molecule has 1 aromatic heterocycles. The van der Waals surface area contributed by atoms with E-state index in [-0.39, 0.29) is 18.5 Å². The van der Waals surface area contributed by atoms with Crippen LogP contribution in [0.5, 0.6) is 0 Å². The summed E-state index contributed by atoms with van der Waals surface area (Å²) in [6, 6.07) is -1.11. The van der Waals surface area contributed by atoms with Crippen molar-refractivity contribution in [3.8, 4) is 0 Å². The van der Waals surface area contributed by atoms with Gasteiger partial charge in [0.25, 0.3) is 0 Å². The molecule has 0 saturated carbocycles. The molecule has 7 heteroatoms. The number of rotatable bonds is 5. The van der Waals surface area contributed by atoms with Crippen molar-refractivity contribution in [2.24, 2.45) is 5.73 Å². The first-order valence-electron chi connectivity index (χ1n) is 4.56. The number of nitrogens with zero attached hydrogens (tertiary/aromatic N) is 1. The van der Waals surface area contributed by atoms with E-state index in [1.54, 1.807) is 6.92 Å². The summed E-state index contributed by atoms with van der Waals surface area (Å²) in [4.78, 5) is 21.1. The molecule has 0 saturated heterocycles. The summed E-state index contributed by atoms with van der Waals surface area (Å²) in [7, 11) is 0. The molecule has 1 aromatic rings. The van der Waals surface area contributed by atoms with Gasteiger partial charge in [0, 0.05) is 12.0 Å². The Morgan fingerprint density at radius 3 is 2.62 bits per heavy atom. The topological polar surface area (TPSA) is 127 Å². The lowest BCUT2D eigenvalue weighted by atomic mass is 10.0. The van der Waals surface area contributed by atoms with Crippen LogP contribution < -0.4 is 5.73 Å². The summed E-state index contributed by atoms with van der Waals surface area (Å²) >= 11 is 0. The molecule has 1 heterocycles. The maximum Gasteiger partial charge on any atom is 0.320 e. The van der Waals surface area contributed by atoms with Crippen molar-refractivity contribution in [3.05, 3.63) is 17.0 Å². The molecule has 0 radical (unpaired) electrons. The first-order valence-corrected chi connectivity index (χ1v) is 4.56. The fourth-order valence-corrected chi connectivity index (χ4v) is 1.27. The van der Waals surface area contributed by atoms with Crippen molar-refractivity contribution >= 4 is 11.9 Å². The van der Waals surface area contributed by atoms with Crippen molar-refractivity contribution < 1.29 is 24.3 Å². The van der Waals surface area contributed by atoms with Gasteiger partial charge in [0.1, 0.15) is 11.8 Å². The minimum absolute atomic E-state index is 0.0463. The van der Waals surface area contributed by atoms with Gasteiger partial charge in [0.05, 0.1) is 12.1 Å². The zero-order chi connectivity index (χ0) is 12.3. The Labute approximate surface area is 90.8 Å². The van der Waals surface area contributed by atoms with Crippen LogP contribution in [0.25, 0.3) is 0 Å². The summed E-state index contributed by atoms with van der Waals surface area (Å²) < 4.78 is 4.82. The largest absolute Gasteiger partial charge is 0.481 e. The molecule has 0 bridgehead atoms. The van der Waals surface area contributed by atoms with Crippen molar-refractivity contribution in [3.63, 3.8) is 0 Å². The number of aryl methyl sites for hydroxylation is 1. The van der Waals surface area contributed by atoms with E-state index < -0.39 is 18.0 Å². The average molecular weight is 228 g/mol. The molecule has 1 rings (SSSR count). The number of nitrogens with two attached hydrogens (primary N) is 1. The summed E-state index contributed by atoms with van der Waals surface area (Å²) in [5.41, 5.74) is 6.01. The van der Waals surface area contributed by atoms with Gasteiger partial charge in [0.2, 0.25) is 0 Å². The molecule has 7 nitrogen and oxygen atoms in total. The number of carbonyl (C=O) groups is 2. The number of aliphatic carboxylic acids is 2. The van der Waals surface area contributed by atoms with Gasteiger partial charge in [-0.05, 0) is 6.92 Å². The lowest BCUT2D eigenvalue weighted by molar-refractivity contribution is -0.138. The van der Waals surface area contributed by atoms with Crippen LogP contribution >= 0.6 is 0 Å². The Kier molecular flexibility index (Phi) is 3.62. The zero-order valence-corrected chi connectivity index (χ0v) is 8.64. The van der Waals surface area contributed by atoms with Gasteiger partial charge in [0.15, 0.2) is 0 Å². The van der Waals surface area contributed by atoms with Crippen LogP contribution in [0, 0.1) is 6.92 Å². The molecule has 16 heavy (non-hydrogen) atoms. The molecule has 0 amide bonds. The van der Waals surface area contributed by atoms with Crippen LogP contribution in [0.15, 0.2) is 4.52 Å². The van der Waals surface area contributed by atoms with Gasteiger partial charge in [-0.3, -0.25) is 9.59 Å². The minimum atomic E-state index is -1.16. The molecule has 1 unspecified atom stereocenters. The van der Waals surface area contributed by atoms with E-state index in [2.05, 4.69) is 5.16 Å². The SMILES string of the molecule is Cc1onc(CC(N)C(=O)O)c1CC(=O)O. The lowest BCUT2D eigenvalue weighted by Crippen LogP contribution is -2.32. The molecule has 1 atom stereocenters. The number of carboxylic acid groups (broad SMARTS) is 2. The summed E-state index contributed by atoms with van der Waals surface area (Å²) in [5, 5.41) is 20.9. The summed E-state index contributed by atoms with van der Waals surface area (Å²) in [5.74, 6) is -1.83. The van der Waals surface area contributed by atoms with Crippen LogP contribution in [0.3, 0.4) is 0 Å². The Balaban J connectivity index is 2.88. The van der Waals surface area contributed by atoms with E-state index in [0.717, 1.165) is 0 Å². The molecular weight excluding hydrogens is 216 g/mol. The third-order valence-corrected chi connectivity index (χ3v) is 2.12. The van der Waals surface area contributed by atoms with Gasteiger partial charge < -0.3 is 20.5 Å². The molecule has 0 spiro atoms. The van der Waals surface area contributed by atoms with Crippen molar-refractivity contribution in [2.45, 2.75) is 25.8 Å². The van der Waals surface area contributed by atoms with Crippen LogP contribution in [-0.2, 0) is 22.4 Å². The van der Waals surface area contributed by atoms with E-state index in [4.69, 9.17) is 20.5 Å². The monoisotopic (exact) mass is 228 g/mol. The number of hydrogen-bond donors (Lipinski definition) is 3. The Bertz CT molecular complexity index is 412. The first-order chi connectivity index (χ1) is 7.41. The van der Waals surface area contributed by atoms with E-state index >= 15 is 0 Å². The third kappa shape index (κ3) is 2.80. The average Bonchev–Trinajstić information content (AvgIpc) is 2.49. The quantitative estimate of drug-likeness (QED) is 0.623. The highest BCUT2D eigenvalue weighted by molar-refractivity contribution is 5.74. The van der Waals surface area contributed by atoms with E-state index in [9.17, 15) is 9.59 Å². The second kappa shape index (κ2) is 4.75. The van der Waals surface area contributed by atoms with Crippen molar-refractivity contribution in [1.82, 2.24) is 5.16 Å². The van der Waals surface area contributed by atoms with E-state index in [0.29, 0.717) is 11.3 Å². The summed E-state index contributed by atoms with van der Waals surface area (Å²) in [6.45, 7) is 1.57. The van der Waals surface area contributed by atoms with Crippen LogP contribution in [0.2, 0.25) is 0 Å². The molecule has 0 aromatic carbocycles. The van der Waals surface area contributed by atoms with Gasteiger partial charge in [-0.2, -0.15) is 0 Å². The molecule has 88 valence electrons. The second-order valence-corrected chi connectivity index (χ2v) is 3.38. The molecule has 4 N–H and O–H groups in total. The Morgan fingerprint density at radius 2 is 2.12 bits per heavy atom. The maximum atomic E-state index is 10.6. The van der Waals surface area contributed by atoms with Gasteiger partial charge in [-0.15, -0.1) is 0 Å². The second-order valence-electron chi connectivity index (χ2n) is 3.38. The Hall–Kier alpha value is -1.89. The Morgan fingerprint density at radius 1 is 1.50 bits per heavy atom. The van der Waals surface area contributed by atoms with E-state index in [1.165, 1.54) is 0 Å². The van der Waals surface area contributed by atoms with Gasteiger partial charge >= 0.3 is 11.9 Å². The number of carboxylic acids is 2. The number of hydrogen-bond acceptors (Lipinski definition) is 5.